The van der Waals surface area contributed by atoms with Crippen molar-refractivity contribution in [3.8, 4) is 0 Å². The minimum atomic E-state index is -0.870. The third kappa shape index (κ3) is 2.94. The zero-order valence-corrected chi connectivity index (χ0v) is 12.0. The largest absolute Gasteiger partial charge is 0.396 e. The molecule has 0 amide bonds. The van der Waals surface area contributed by atoms with E-state index in [1.54, 1.807) is 6.07 Å². The Bertz CT molecular complexity index is 695. The van der Waals surface area contributed by atoms with Crippen LogP contribution in [0.4, 0.5) is 14.5 Å². The normalized spacial score (nSPS) is 10.7. The lowest BCUT2D eigenvalue weighted by atomic mass is 9.94. The van der Waals surface area contributed by atoms with Gasteiger partial charge in [-0.05, 0) is 42.2 Å². The number of nitrogen functional groups attached to an aromatic ring is 1. The molecule has 0 aliphatic carbocycles. The molecule has 2 nitrogen and oxygen atoms in total. The van der Waals surface area contributed by atoms with Gasteiger partial charge in [0.2, 0.25) is 0 Å². The Morgan fingerprint density at radius 2 is 1.76 bits per heavy atom. The van der Waals surface area contributed by atoms with E-state index in [9.17, 15) is 13.6 Å². The van der Waals surface area contributed by atoms with Crippen molar-refractivity contribution in [2.45, 2.75) is 26.7 Å². The van der Waals surface area contributed by atoms with Crippen LogP contribution < -0.4 is 5.73 Å². The number of aryl methyl sites for hydroxylation is 2. The van der Waals surface area contributed by atoms with Gasteiger partial charge in [0.15, 0.2) is 11.6 Å². The molecule has 0 unspecified atom stereocenters. The number of nitrogens with two attached hydrogens (primary N) is 1. The second-order valence-electron chi connectivity index (χ2n) is 4.88. The molecule has 0 saturated heterocycles. The number of hydrogen-bond acceptors (Lipinski definition) is 2. The van der Waals surface area contributed by atoms with Crippen LogP contribution in [0.2, 0.25) is 0 Å². The van der Waals surface area contributed by atoms with Gasteiger partial charge in [-0.25, -0.2) is 8.78 Å². The van der Waals surface area contributed by atoms with Gasteiger partial charge in [0.25, 0.3) is 0 Å². The van der Waals surface area contributed by atoms with Crippen LogP contribution in [-0.4, -0.2) is 5.78 Å². The van der Waals surface area contributed by atoms with Crippen LogP contribution in [0.3, 0.4) is 0 Å². The fourth-order valence-corrected chi connectivity index (χ4v) is 2.28. The number of carbonyl (C=O) groups is 1. The van der Waals surface area contributed by atoms with Gasteiger partial charge in [-0.15, -0.1) is 0 Å². The van der Waals surface area contributed by atoms with Crippen molar-refractivity contribution < 1.29 is 13.6 Å². The van der Waals surface area contributed by atoms with E-state index in [1.165, 1.54) is 0 Å². The number of halogens is 2. The molecule has 21 heavy (non-hydrogen) atoms. The first-order chi connectivity index (χ1) is 9.97. The summed E-state index contributed by atoms with van der Waals surface area (Å²) in [5, 5.41) is 0. The van der Waals surface area contributed by atoms with E-state index >= 15 is 0 Å². The van der Waals surface area contributed by atoms with E-state index in [2.05, 4.69) is 0 Å². The summed E-state index contributed by atoms with van der Waals surface area (Å²) in [6, 6.07) is 7.29. The minimum absolute atomic E-state index is 0.324. The van der Waals surface area contributed by atoms with Gasteiger partial charge in [0.05, 0.1) is 11.3 Å². The SMILES string of the molecule is CCc1ccc(CC)c(C(=O)c2cc(F)cc(N)c2F)c1. The molecule has 0 spiro atoms. The molecule has 0 saturated carbocycles. The van der Waals surface area contributed by atoms with Crippen LogP contribution in [0.25, 0.3) is 0 Å². The highest BCUT2D eigenvalue weighted by Gasteiger charge is 2.20. The molecule has 0 radical (unpaired) electrons. The summed E-state index contributed by atoms with van der Waals surface area (Å²) in [4.78, 5) is 12.6. The minimum Gasteiger partial charge on any atom is -0.396 e. The predicted molar refractivity (Wildman–Crippen MR) is 79.4 cm³/mol. The Hall–Kier alpha value is -2.23. The Morgan fingerprint density at radius 1 is 1.05 bits per heavy atom. The topological polar surface area (TPSA) is 43.1 Å². The second-order valence-corrected chi connectivity index (χ2v) is 4.88. The molecular formula is C17H17F2NO. The molecule has 0 bridgehead atoms. The van der Waals surface area contributed by atoms with Crippen LogP contribution in [0, 0.1) is 11.6 Å². The molecule has 0 aromatic heterocycles. The quantitative estimate of drug-likeness (QED) is 0.685. The van der Waals surface area contributed by atoms with Gasteiger partial charge in [-0.2, -0.15) is 0 Å². The lowest BCUT2D eigenvalue weighted by molar-refractivity contribution is 0.103. The molecule has 2 aromatic carbocycles. The maximum Gasteiger partial charge on any atom is 0.196 e. The van der Waals surface area contributed by atoms with E-state index in [0.29, 0.717) is 12.0 Å². The molecule has 110 valence electrons. The van der Waals surface area contributed by atoms with E-state index < -0.39 is 17.4 Å². The second kappa shape index (κ2) is 6.04. The average molecular weight is 289 g/mol. The van der Waals surface area contributed by atoms with E-state index in [1.807, 2.05) is 26.0 Å². The van der Waals surface area contributed by atoms with E-state index in [0.717, 1.165) is 29.7 Å². The van der Waals surface area contributed by atoms with Crippen LogP contribution in [0.15, 0.2) is 30.3 Å². The fraction of sp³-hybridized carbons (Fsp3) is 0.235. The molecule has 2 rings (SSSR count). The van der Waals surface area contributed by atoms with Crippen LogP contribution in [-0.2, 0) is 12.8 Å². The number of rotatable bonds is 4. The molecule has 2 aromatic rings. The van der Waals surface area contributed by atoms with Crippen molar-refractivity contribution >= 4 is 11.5 Å². The van der Waals surface area contributed by atoms with Gasteiger partial charge in [-0.3, -0.25) is 4.79 Å². The standard InChI is InChI=1S/C17H17F2NO/c1-3-10-5-6-11(4-2)13(7-10)17(21)14-8-12(18)9-15(20)16(14)19/h5-9H,3-4,20H2,1-2H3. The summed E-state index contributed by atoms with van der Waals surface area (Å²) in [6.45, 7) is 3.88. The highest BCUT2D eigenvalue weighted by Crippen LogP contribution is 2.23. The lowest BCUT2D eigenvalue weighted by Crippen LogP contribution is -2.10. The van der Waals surface area contributed by atoms with Crippen molar-refractivity contribution in [3.05, 3.63) is 64.2 Å². The number of anilines is 1. The van der Waals surface area contributed by atoms with Crippen molar-refractivity contribution in [2.24, 2.45) is 0 Å². The fourth-order valence-electron chi connectivity index (χ4n) is 2.28. The zero-order chi connectivity index (χ0) is 15.6. The monoisotopic (exact) mass is 289 g/mol. The van der Waals surface area contributed by atoms with Gasteiger partial charge in [0.1, 0.15) is 5.82 Å². The Balaban J connectivity index is 2.59. The first-order valence-electron chi connectivity index (χ1n) is 6.88. The summed E-state index contributed by atoms with van der Waals surface area (Å²) in [6.07, 6.45) is 1.40. The van der Waals surface area contributed by atoms with Gasteiger partial charge in [-0.1, -0.05) is 26.0 Å². The van der Waals surface area contributed by atoms with Crippen molar-refractivity contribution in [3.63, 3.8) is 0 Å². The molecule has 0 aliphatic rings. The maximum absolute atomic E-state index is 14.0. The summed E-state index contributed by atoms with van der Waals surface area (Å²) in [5.74, 6) is -2.13. The highest BCUT2D eigenvalue weighted by molar-refractivity contribution is 6.10. The van der Waals surface area contributed by atoms with Gasteiger partial charge in [0, 0.05) is 5.56 Å². The first kappa shape index (κ1) is 15.2. The lowest BCUT2D eigenvalue weighted by Gasteiger charge is -2.11. The summed E-state index contributed by atoms with van der Waals surface area (Å²) in [7, 11) is 0. The van der Waals surface area contributed by atoms with Crippen molar-refractivity contribution in [1.82, 2.24) is 0 Å². The number of carbonyl (C=O) groups excluding carboxylic acids is 1. The molecule has 0 aliphatic heterocycles. The maximum atomic E-state index is 14.0. The summed E-state index contributed by atoms with van der Waals surface area (Å²) < 4.78 is 27.4. The predicted octanol–water partition coefficient (Wildman–Crippen LogP) is 3.90. The van der Waals surface area contributed by atoms with Gasteiger partial charge >= 0.3 is 0 Å². The van der Waals surface area contributed by atoms with Crippen molar-refractivity contribution in [1.29, 1.82) is 0 Å². The number of ketones is 1. The van der Waals surface area contributed by atoms with E-state index in [-0.39, 0.29) is 11.3 Å². The molecular weight excluding hydrogens is 272 g/mol. The Morgan fingerprint density at radius 3 is 2.38 bits per heavy atom. The molecule has 0 heterocycles. The Labute approximate surface area is 122 Å². The molecule has 0 atom stereocenters. The van der Waals surface area contributed by atoms with Crippen LogP contribution in [0.1, 0.15) is 40.9 Å². The van der Waals surface area contributed by atoms with E-state index in [4.69, 9.17) is 5.73 Å². The van der Waals surface area contributed by atoms with Crippen molar-refractivity contribution in [2.75, 3.05) is 5.73 Å². The highest BCUT2D eigenvalue weighted by atomic mass is 19.1. The van der Waals surface area contributed by atoms with Gasteiger partial charge < -0.3 is 5.73 Å². The van der Waals surface area contributed by atoms with Crippen LogP contribution in [0.5, 0.6) is 0 Å². The third-order valence-electron chi connectivity index (χ3n) is 3.52. The first-order valence-corrected chi connectivity index (χ1v) is 6.88. The summed E-state index contributed by atoms with van der Waals surface area (Å²) >= 11 is 0. The third-order valence-corrected chi connectivity index (χ3v) is 3.52. The molecule has 4 heteroatoms. The molecule has 0 fully saturated rings. The van der Waals surface area contributed by atoms with Crippen LogP contribution >= 0.6 is 0 Å². The number of hydrogen-bond donors (Lipinski definition) is 1. The smallest absolute Gasteiger partial charge is 0.196 e. The zero-order valence-electron chi connectivity index (χ0n) is 12.0. The molecule has 2 N–H and O–H groups in total. The summed E-state index contributed by atoms with van der Waals surface area (Å²) in [5.41, 5.74) is 6.90. The number of benzene rings is 2. The Kier molecular flexibility index (Phi) is 4.36. The average Bonchev–Trinajstić information content (AvgIpc) is 2.49.